The first kappa shape index (κ1) is 13.4. The molecule has 4 nitrogen and oxygen atoms in total. The lowest BCUT2D eigenvalue weighted by atomic mass is 9.93. The fourth-order valence-corrected chi connectivity index (χ4v) is 3.31. The van der Waals surface area contributed by atoms with Crippen LogP contribution in [0.3, 0.4) is 0 Å². The summed E-state index contributed by atoms with van der Waals surface area (Å²) in [5.74, 6) is 0.416. The molecule has 1 saturated heterocycles. The number of nitrogens with zero attached hydrogens (tertiary/aromatic N) is 1. The van der Waals surface area contributed by atoms with E-state index in [0.29, 0.717) is 13.0 Å². The van der Waals surface area contributed by atoms with Crippen LogP contribution in [-0.4, -0.2) is 41.1 Å². The number of benzene rings is 1. The second-order valence-corrected chi connectivity index (χ2v) is 6.28. The Morgan fingerprint density at radius 3 is 3.10 bits per heavy atom. The number of carbonyl (C=O) groups excluding carboxylic acids is 1. The minimum absolute atomic E-state index is 0.161. The van der Waals surface area contributed by atoms with Crippen molar-refractivity contribution in [2.24, 2.45) is 0 Å². The zero-order valence-electron chi connectivity index (χ0n) is 11.9. The minimum Gasteiger partial charge on any atom is -0.388 e. The Morgan fingerprint density at radius 1 is 1.50 bits per heavy atom. The van der Waals surface area contributed by atoms with Crippen LogP contribution in [0.1, 0.15) is 37.7 Å². The summed E-state index contributed by atoms with van der Waals surface area (Å²) < 4.78 is 0. The molecule has 20 heavy (non-hydrogen) atoms. The van der Waals surface area contributed by atoms with Gasteiger partial charge < -0.3 is 15.3 Å². The van der Waals surface area contributed by atoms with Gasteiger partial charge in [0.1, 0.15) is 0 Å². The molecule has 0 aromatic heterocycles. The third kappa shape index (κ3) is 2.66. The summed E-state index contributed by atoms with van der Waals surface area (Å²) in [5, 5.41) is 13.5. The van der Waals surface area contributed by atoms with E-state index in [0.717, 1.165) is 31.6 Å². The first-order valence-corrected chi connectivity index (χ1v) is 7.38. The van der Waals surface area contributed by atoms with E-state index in [1.807, 2.05) is 24.0 Å². The van der Waals surface area contributed by atoms with Crippen LogP contribution in [0.15, 0.2) is 24.3 Å². The molecule has 2 atom stereocenters. The van der Waals surface area contributed by atoms with Crippen molar-refractivity contribution in [3.05, 3.63) is 29.8 Å². The van der Waals surface area contributed by atoms with Gasteiger partial charge in [-0.3, -0.25) is 4.79 Å². The molecule has 0 saturated carbocycles. The number of nitrogens with one attached hydrogen (secondary N) is 1. The minimum atomic E-state index is -0.722. The van der Waals surface area contributed by atoms with Crippen LogP contribution in [0, 0.1) is 0 Å². The van der Waals surface area contributed by atoms with Crippen LogP contribution in [0.5, 0.6) is 0 Å². The molecule has 1 amide bonds. The van der Waals surface area contributed by atoms with Crippen molar-refractivity contribution >= 4 is 11.6 Å². The zero-order valence-corrected chi connectivity index (χ0v) is 11.9. The van der Waals surface area contributed by atoms with Crippen molar-refractivity contribution in [3.63, 3.8) is 0 Å². The molecule has 0 spiro atoms. The number of β-amino-alcohol motifs (C(OH)–C–C–N with tert-alkyl or cyclic N) is 1. The SMILES string of the molecule is CC1(O)CCCN(C(=O)CC2CNc3ccccc32)C1. The lowest BCUT2D eigenvalue weighted by Gasteiger charge is -2.37. The number of piperidine rings is 1. The Balaban J connectivity index is 1.65. The van der Waals surface area contributed by atoms with Gasteiger partial charge in [-0.1, -0.05) is 18.2 Å². The maximum Gasteiger partial charge on any atom is 0.223 e. The molecule has 0 bridgehead atoms. The Labute approximate surface area is 119 Å². The van der Waals surface area contributed by atoms with E-state index in [9.17, 15) is 9.90 Å². The van der Waals surface area contributed by atoms with E-state index >= 15 is 0 Å². The monoisotopic (exact) mass is 274 g/mol. The van der Waals surface area contributed by atoms with Gasteiger partial charge in [0.2, 0.25) is 5.91 Å². The third-order valence-electron chi connectivity index (χ3n) is 4.39. The van der Waals surface area contributed by atoms with Gasteiger partial charge in [-0.2, -0.15) is 0 Å². The highest BCUT2D eigenvalue weighted by atomic mass is 16.3. The summed E-state index contributed by atoms with van der Waals surface area (Å²) in [6.45, 7) is 3.89. The molecule has 2 aliphatic heterocycles. The Hall–Kier alpha value is -1.55. The zero-order chi connectivity index (χ0) is 14.2. The molecule has 2 N–H and O–H groups in total. The first-order chi connectivity index (χ1) is 9.55. The van der Waals surface area contributed by atoms with Gasteiger partial charge in [0.15, 0.2) is 0 Å². The van der Waals surface area contributed by atoms with Crippen LogP contribution < -0.4 is 5.32 Å². The van der Waals surface area contributed by atoms with Crippen LogP contribution in [-0.2, 0) is 4.79 Å². The fraction of sp³-hybridized carbons (Fsp3) is 0.562. The third-order valence-corrected chi connectivity index (χ3v) is 4.39. The van der Waals surface area contributed by atoms with Gasteiger partial charge in [-0.05, 0) is 31.4 Å². The Kier molecular flexibility index (Phi) is 3.42. The van der Waals surface area contributed by atoms with Crippen molar-refractivity contribution in [2.75, 3.05) is 25.0 Å². The first-order valence-electron chi connectivity index (χ1n) is 7.38. The number of anilines is 1. The molecular formula is C16H22N2O2. The number of aliphatic hydroxyl groups is 1. The van der Waals surface area contributed by atoms with Crippen LogP contribution >= 0.6 is 0 Å². The van der Waals surface area contributed by atoms with Gasteiger partial charge in [0.05, 0.1) is 5.60 Å². The smallest absolute Gasteiger partial charge is 0.223 e. The summed E-state index contributed by atoms with van der Waals surface area (Å²) in [7, 11) is 0. The molecule has 0 radical (unpaired) electrons. The van der Waals surface area contributed by atoms with E-state index in [1.54, 1.807) is 0 Å². The second-order valence-electron chi connectivity index (χ2n) is 6.28. The summed E-state index contributed by atoms with van der Waals surface area (Å²) in [5.41, 5.74) is 1.67. The lowest BCUT2D eigenvalue weighted by molar-refractivity contribution is -0.137. The molecule has 108 valence electrons. The number of hydrogen-bond acceptors (Lipinski definition) is 3. The topological polar surface area (TPSA) is 52.6 Å². The number of carbonyl (C=O) groups is 1. The van der Waals surface area contributed by atoms with E-state index in [-0.39, 0.29) is 11.8 Å². The molecule has 1 aromatic rings. The molecular weight excluding hydrogens is 252 g/mol. The maximum absolute atomic E-state index is 12.4. The van der Waals surface area contributed by atoms with Crippen LogP contribution in [0.4, 0.5) is 5.69 Å². The van der Waals surface area contributed by atoms with Crippen LogP contribution in [0.2, 0.25) is 0 Å². The largest absolute Gasteiger partial charge is 0.388 e. The molecule has 0 aliphatic carbocycles. The maximum atomic E-state index is 12.4. The molecule has 2 aliphatic rings. The van der Waals surface area contributed by atoms with E-state index in [4.69, 9.17) is 0 Å². The van der Waals surface area contributed by atoms with Gasteiger partial charge in [0.25, 0.3) is 0 Å². The summed E-state index contributed by atoms with van der Waals surface area (Å²) in [6.07, 6.45) is 2.20. The van der Waals surface area contributed by atoms with Crippen molar-refractivity contribution in [2.45, 2.75) is 37.7 Å². The average Bonchev–Trinajstić information content (AvgIpc) is 2.81. The lowest BCUT2D eigenvalue weighted by Crippen LogP contribution is -2.48. The molecule has 1 aromatic carbocycles. The molecule has 2 heterocycles. The summed E-state index contributed by atoms with van der Waals surface area (Å²) in [6, 6.07) is 8.19. The molecule has 2 unspecified atom stereocenters. The fourth-order valence-electron chi connectivity index (χ4n) is 3.31. The van der Waals surface area contributed by atoms with Crippen molar-refractivity contribution < 1.29 is 9.90 Å². The van der Waals surface area contributed by atoms with Gasteiger partial charge in [0, 0.05) is 37.7 Å². The predicted molar refractivity (Wildman–Crippen MR) is 78.7 cm³/mol. The molecule has 4 heteroatoms. The highest BCUT2D eigenvalue weighted by molar-refractivity contribution is 5.78. The van der Waals surface area contributed by atoms with Gasteiger partial charge in [-0.25, -0.2) is 0 Å². The Morgan fingerprint density at radius 2 is 2.30 bits per heavy atom. The highest BCUT2D eigenvalue weighted by Gasteiger charge is 2.33. The van der Waals surface area contributed by atoms with Gasteiger partial charge >= 0.3 is 0 Å². The predicted octanol–water partition coefficient (Wildman–Crippen LogP) is 1.96. The van der Waals surface area contributed by atoms with E-state index in [2.05, 4.69) is 17.4 Å². The second kappa shape index (κ2) is 5.09. The highest BCUT2D eigenvalue weighted by Crippen LogP contribution is 2.34. The van der Waals surface area contributed by atoms with Crippen molar-refractivity contribution in [1.29, 1.82) is 0 Å². The van der Waals surface area contributed by atoms with E-state index in [1.165, 1.54) is 5.56 Å². The van der Waals surface area contributed by atoms with Crippen LogP contribution in [0.25, 0.3) is 0 Å². The number of hydrogen-bond donors (Lipinski definition) is 2. The summed E-state index contributed by atoms with van der Waals surface area (Å²) >= 11 is 0. The molecule has 1 fully saturated rings. The number of rotatable bonds is 2. The number of amides is 1. The normalized spacial score (nSPS) is 28.9. The number of para-hydroxylation sites is 1. The quantitative estimate of drug-likeness (QED) is 0.867. The van der Waals surface area contributed by atoms with Crippen molar-refractivity contribution in [3.8, 4) is 0 Å². The standard InChI is InChI=1S/C16H22N2O2/c1-16(20)7-4-8-18(11-16)15(19)9-12-10-17-14-6-3-2-5-13(12)14/h2-3,5-6,12,17,20H,4,7-11H2,1H3. The van der Waals surface area contributed by atoms with Crippen molar-refractivity contribution in [1.82, 2.24) is 4.90 Å². The Bertz CT molecular complexity index is 513. The van der Waals surface area contributed by atoms with Gasteiger partial charge in [-0.15, -0.1) is 0 Å². The number of likely N-dealkylation sites (tertiary alicyclic amines) is 1. The summed E-state index contributed by atoms with van der Waals surface area (Å²) in [4.78, 5) is 14.3. The number of fused-ring (bicyclic) bond motifs is 1. The molecule has 3 rings (SSSR count). The van der Waals surface area contributed by atoms with E-state index < -0.39 is 5.60 Å². The average molecular weight is 274 g/mol.